The molecular weight excluding hydrogens is 370 g/mol. The standard InChI is InChI=1S/C18H27N3O5S/c1-12-9-14(10-15-16(12)26-11-25-15)19-17(22)21-7-5-13(6-8-21)20-27(23,24)18(2,3)4/h9-10,13,20H,5-8,11H2,1-4H3,(H,19,22). The third-order valence-corrected chi connectivity index (χ3v) is 7.08. The average molecular weight is 397 g/mol. The van der Waals surface area contributed by atoms with Crippen molar-refractivity contribution < 1.29 is 22.7 Å². The van der Waals surface area contributed by atoms with Crippen LogP contribution in [-0.2, 0) is 10.0 Å². The summed E-state index contributed by atoms with van der Waals surface area (Å²) in [5.74, 6) is 1.33. The number of carbonyl (C=O) groups is 1. The van der Waals surface area contributed by atoms with Gasteiger partial charge in [0.15, 0.2) is 11.5 Å². The zero-order chi connectivity index (χ0) is 19.8. The molecule has 1 aromatic carbocycles. The minimum atomic E-state index is -3.39. The van der Waals surface area contributed by atoms with Crippen LogP contribution in [0.3, 0.4) is 0 Å². The predicted octanol–water partition coefficient (Wildman–Crippen LogP) is 2.44. The monoisotopic (exact) mass is 397 g/mol. The number of sulfonamides is 1. The summed E-state index contributed by atoms with van der Waals surface area (Å²) < 4.78 is 37.2. The number of aryl methyl sites for hydroxylation is 1. The van der Waals surface area contributed by atoms with Crippen molar-refractivity contribution in [2.45, 2.75) is 51.3 Å². The average Bonchev–Trinajstić information content (AvgIpc) is 3.03. The number of urea groups is 1. The molecule has 9 heteroatoms. The lowest BCUT2D eigenvalue weighted by Gasteiger charge is -2.33. The van der Waals surface area contributed by atoms with Crippen molar-refractivity contribution in [3.63, 3.8) is 0 Å². The van der Waals surface area contributed by atoms with Crippen LogP contribution in [0.4, 0.5) is 10.5 Å². The fraction of sp³-hybridized carbons (Fsp3) is 0.611. The van der Waals surface area contributed by atoms with Crippen LogP contribution in [0.5, 0.6) is 11.5 Å². The molecule has 0 saturated carbocycles. The Hall–Kier alpha value is -2.00. The van der Waals surface area contributed by atoms with Gasteiger partial charge in [-0.1, -0.05) is 0 Å². The first-order valence-electron chi connectivity index (χ1n) is 9.05. The number of fused-ring (bicyclic) bond motifs is 1. The summed E-state index contributed by atoms with van der Waals surface area (Å²) in [5, 5.41) is 2.88. The smallest absolute Gasteiger partial charge is 0.321 e. The van der Waals surface area contributed by atoms with Gasteiger partial charge in [0.2, 0.25) is 16.8 Å². The molecule has 8 nitrogen and oxygen atoms in total. The lowest BCUT2D eigenvalue weighted by atomic mass is 10.1. The maximum atomic E-state index is 12.5. The lowest BCUT2D eigenvalue weighted by Crippen LogP contribution is -2.50. The molecule has 150 valence electrons. The van der Waals surface area contributed by atoms with E-state index in [1.807, 2.05) is 13.0 Å². The summed E-state index contributed by atoms with van der Waals surface area (Å²) in [6.45, 7) is 8.09. The molecule has 0 aromatic heterocycles. The Balaban J connectivity index is 1.56. The number of rotatable bonds is 3. The number of hydrogen-bond donors (Lipinski definition) is 2. The number of amides is 2. The van der Waals surface area contributed by atoms with Crippen molar-refractivity contribution in [1.29, 1.82) is 0 Å². The van der Waals surface area contributed by atoms with Gasteiger partial charge in [-0.25, -0.2) is 17.9 Å². The largest absolute Gasteiger partial charge is 0.454 e. The third-order valence-electron chi connectivity index (χ3n) is 4.82. The quantitative estimate of drug-likeness (QED) is 0.817. The maximum absolute atomic E-state index is 12.5. The Labute approximate surface area is 160 Å². The number of hydrogen-bond acceptors (Lipinski definition) is 5. The van der Waals surface area contributed by atoms with Gasteiger partial charge in [-0.05, 0) is 52.2 Å². The van der Waals surface area contributed by atoms with Gasteiger partial charge in [0.1, 0.15) is 0 Å². The molecule has 1 fully saturated rings. The predicted molar refractivity (Wildman–Crippen MR) is 103 cm³/mol. The number of nitrogens with zero attached hydrogens (tertiary/aromatic N) is 1. The molecule has 1 saturated heterocycles. The third kappa shape index (κ3) is 4.30. The van der Waals surface area contributed by atoms with Gasteiger partial charge in [-0.3, -0.25) is 0 Å². The molecule has 2 aliphatic rings. The van der Waals surface area contributed by atoms with Gasteiger partial charge in [0.05, 0.1) is 4.75 Å². The summed E-state index contributed by atoms with van der Waals surface area (Å²) in [4.78, 5) is 14.2. The van der Waals surface area contributed by atoms with Crippen molar-refractivity contribution in [2.24, 2.45) is 0 Å². The molecule has 27 heavy (non-hydrogen) atoms. The van der Waals surface area contributed by atoms with Crippen LogP contribution in [0.2, 0.25) is 0 Å². The highest BCUT2D eigenvalue weighted by Gasteiger charge is 2.33. The van der Waals surface area contributed by atoms with E-state index in [1.165, 1.54) is 0 Å². The van der Waals surface area contributed by atoms with Crippen molar-refractivity contribution in [3.8, 4) is 11.5 Å². The Morgan fingerprint density at radius 2 is 1.85 bits per heavy atom. The van der Waals surface area contributed by atoms with Crippen molar-refractivity contribution in [2.75, 3.05) is 25.2 Å². The molecular formula is C18H27N3O5S. The first-order chi connectivity index (χ1) is 12.6. The topological polar surface area (TPSA) is 97.0 Å². The molecule has 0 atom stereocenters. The minimum absolute atomic E-state index is 0.147. The molecule has 1 aromatic rings. The molecule has 0 spiro atoms. The van der Waals surface area contributed by atoms with Crippen LogP contribution in [-0.4, -0.2) is 50.0 Å². The van der Waals surface area contributed by atoms with Crippen LogP contribution in [0.25, 0.3) is 0 Å². The van der Waals surface area contributed by atoms with E-state index >= 15 is 0 Å². The number of nitrogens with one attached hydrogen (secondary N) is 2. The molecule has 0 unspecified atom stereocenters. The number of piperidine rings is 1. The van der Waals surface area contributed by atoms with Gasteiger partial charge in [0, 0.05) is 30.9 Å². The SMILES string of the molecule is Cc1cc(NC(=O)N2CCC(NS(=O)(=O)C(C)(C)C)CC2)cc2c1OCO2. The van der Waals surface area contributed by atoms with E-state index in [2.05, 4.69) is 10.0 Å². The molecule has 0 aliphatic carbocycles. The minimum Gasteiger partial charge on any atom is -0.454 e. The van der Waals surface area contributed by atoms with E-state index in [-0.39, 0.29) is 18.9 Å². The number of ether oxygens (including phenoxy) is 2. The molecule has 0 radical (unpaired) electrons. The maximum Gasteiger partial charge on any atom is 0.321 e. The first-order valence-corrected chi connectivity index (χ1v) is 10.5. The van der Waals surface area contributed by atoms with Gasteiger partial charge in [-0.15, -0.1) is 0 Å². The van der Waals surface area contributed by atoms with Gasteiger partial charge >= 0.3 is 6.03 Å². The Bertz CT molecular complexity index is 824. The summed E-state index contributed by atoms with van der Waals surface area (Å²) in [6, 6.07) is 3.24. The van der Waals surface area contributed by atoms with Crippen LogP contribution in [0.1, 0.15) is 39.2 Å². The number of benzene rings is 1. The van der Waals surface area contributed by atoms with E-state index in [4.69, 9.17) is 9.47 Å². The van der Waals surface area contributed by atoms with Crippen LogP contribution in [0, 0.1) is 6.92 Å². The summed E-state index contributed by atoms with van der Waals surface area (Å²) in [7, 11) is -3.39. The van der Waals surface area contributed by atoms with Gasteiger partial charge in [0.25, 0.3) is 0 Å². The second kappa shape index (κ2) is 7.20. The lowest BCUT2D eigenvalue weighted by molar-refractivity contribution is 0.173. The highest BCUT2D eigenvalue weighted by molar-refractivity contribution is 7.90. The van der Waals surface area contributed by atoms with Crippen LogP contribution >= 0.6 is 0 Å². The van der Waals surface area contributed by atoms with E-state index in [0.717, 1.165) is 5.56 Å². The number of carbonyl (C=O) groups excluding carboxylic acids is 1. The zero-order valence-corrected chi connectivity index (χ0v) is 17.0. The molecule has 2 N–H and O–H groups in total. The molecule has 2 aliphatic heterocycles. The summed E-state index contributed by atoms with van der Waals surface area (Å²) in [6.07, 6.45) is 1.17. The van der Waals surface area contributed by atoms with Gasteiger partial charge in [-0.2, -0.15) is 0 Å². The zero-order valence-electron chi connectivity index (χ0n) is 16.2. The summed E-state index contributed by atoms with van der Waals surface area (Å²) in [5.41, 5.74) is 1.55. The van der Waals surface area contributed by atoms with E-state index in [1.54, 1.807) is 31.7 Å². The molecule has 2 amide bonds. The fourth-order valence-electron chi connectivity index (χ4n) is 3.06. The van der Waals surface area contributed by atoms with Gasteiger partial charge < -0.3 is 19.7 Å². The van der Waals surface area contributed by atoms with Crippen molar-refractivity contribution in [3.05, 3.63) is 17.7 Å². The highest BCUT2D eigenvalue weighted by atomic mass is 32.2. The molecule has 0 bridgehead atoms. The number of anilines is 1. The Morgan fingerprint density at radius 1 is 1.19 bits per heavy atom. The van der Waals surface area contributed by atoms with Crippen molar-refractivity contribution in [1.82, 2.24) is 9.62 Å². The van der Waals surface area contributed by atoms with Crippen LogP contribution in [0.15, 0.2) is 12.1 Å². The normalized spacial score (nSPS) is 17.9. The molecule has 2 heterocycles. The second-order valence-corrected chi connectivity index (χ2v) is 10.4. The van der Waals surface area contributed by atoms with E-state index < -0.39 is 14.8 Å². The molecule has 3 rings (SSSR count). The first kappa shape index (κ1) is 19.8. The van der Waals surface area contributed by atoms with Crippen LogP contribution < -0.4 is 19.5 Å². The fourth-order valence-corrected chi connectivity index (χ4v) is 4.09. The highest BCUT2D eigenvalue weighted by Crippen LogP contribution is 2.38. The number of likely N-dealkylation sites (tertiary alicyclic amines) is 1. The van der Waals surface area contributed by atoms with Crippen molar-refractivity contribution >= 4 is 21.7 Å². The van der Waals surface area contributed by atoms with E-state index in [0.29, 0.717) is 43.1 Å². The summed E-state index contributed by atoms with van der Waals surface area (Å²) >= 11 is 0. The van der Waals surface area contributed by atoms with E-state index in [9.17, 15) is 13.2 Å². The Morgan fingerprint density at radius 3 is 2.48 bits per heavy atom. The Kier molecular flexibility index (Phi) is 5.27. The second-order valence-electron chi connectivity index (χ2n) is 7.95.